The number of esters is 1. The van der Waals surface area contributed by atoms with Crippen molar-refractivity contribution in [3.63, 3.8) is 0 Å². The van der Waals surface area contributed by atoms with E-state index < -0.39 is 22.0 Å². The summed E-state index contributed by atoms with van der Waals surface area (Å²) >= 11 is 0.743. The second-order valence-corrected chi connectivity index (χ2v) is 7.98. The first-order chi connectivity index (χ1) is 15.8. The highest BCUT2D eigenvalue weighted by atomic mass is 32.2. The second-order valence-electron chi connectivity index (χ2n) is 6.99. The quantitative estimate of drug-likeness (QED) is 0.217. The molecule has 4 rings (SSSR count). The molecule has 1 aliphatic heterocycles. The van der Waals surface area contributed by atoms with Gasteiger partial charge in [0.25, 0.3) is 16.8 Å². The predicted octanol–water partition coefficient (Wildman–Crippen LogP) is 4.78. The number of aryl methyl sites for hydroxylation is 1. The monoisotopic (exact) mass is 468 g/mol. The molecule has 33 heavy (non-hydrogen) atoms. The van der Waals surface area contributed by atoms with Gasteiger partial charge in [0.1, 0.15) is 17.3 Å². The number of carbonyl (C=O) groups is 3. The van der Waals surface area contributed by atoms with Crippen molar-refractivity contribution in [3.05, 3.63) is 80.3 Å². The maximum absolute atomic E-state index is 12.7. The van der Waals surface area contributed by atoms with Crippen LogP contribution in [0.5, 0.6) is 0 Å². The van der Waals surface area contributed by atoms with E-state index in [0.717, 1.165) is 16.7 Å². The molecule has 0 radical (unpaired) electrons. The van der Waals surface area contributed by atoms with Crippen molar-refractivity contribution in [2.45, 2.75) is 13.5 Å². The van der Waals surface area contributed by atoms with Crippen LogP contribution in [0.4, 0.5) is 10.5 Å². The number of furan rings is 2. The average molecular weight is 468 g/mol. The molecular formula is C22H16N2O8S. The van der Waals surface area contributed by atoms with E-state index in [9.17, 15) is 24.5 Å². The molecule has 0 atom stereocenters. The van der Waals surface area contributed by atoms with E-state index in [1.807, 2.05) is 0 Å². The smallest absolute Gasteiger partial charge is 0.373 e. The zero-order valence-corrected chi connectivity index (χ0v) is 18.2. The number of rotatable bonds is 6. The lowest BCUT2D eigenvalue weighted by molar-refractivity contribution is -0.385. The molecule has 1 aliphatic rings. The van der Waals surface area contributed by atoms with E-state index in [-0.39, 0.29) is 28.7 Å². The van der Waals surface area contributed by atoms with Crippen molar-refractivity contribution in [1.82, 2.24) is 4.90 Å². The fourth-order valence-corrected chi connectivity index (χ4v) is 3.96. The van der Waals surface area contributed by atoms with Gasteiger partial charge < -0.3 is 13.6 Å². The summed E-state index contributed by atoms with van der Waals surface area (Å²) in [5, 5.41) is 10.7. The van der Waals surface area contributed by atoms with Crippen LogP contribution in [0.3, 0.4) is 0 Å². The normalized spacial score (nSPS) is 14.8. The molecule has 3 heterocycles. The maximum atomic E-state index is 12.7. The van der Waals surface area contributed by atoms with Gasteiger partial charge in [-0.1, -0.05) is 12.1 Å². The Hall–Kier alpha value is -4.12. The number of hydrogen-bond acceptors (Lipinski definition) is 9. The predicted molar refractivity (Wildman–Crippen MR) is 117 cm³/mol. The van der Waals surface area contributed by atoms with Crippen molar-refractivity contribution in [1.29, 1.82) is 0 Å². The molecule has 1 saturated heterocycles. The molecule has 1 aromatic carbocycles. The van der Waals surface area contributed by atoms with Crippen molar-refractivity contribution < 1.29 is 32.9 Å². The summed E-state index contributed by atoms with van der Waals surface area (Å²) in [7, 11) is 1.21. The molecule has 0 saturated carbocycles. The Kier molecular flexibility index (Phi) is 5.88. The van der Waals surface area contributed by atoms with Crippen LogP contribution in [0, 0.1) is 17.0 Å². The summed E-state index contributed by atoms with van der Waals surface area (Å²) in [6, 6.07) is 10.9. The number of nitrogens with zero attached hydrogens (tertiary/aromatic N) is 2. The minimum atomic E-state index is -0.664. The van der Waals surface area contributed by atoms with E-state index in [1.165, 1.54) is 31.4 Å². The minimum absolute atomic E-state index is 0.0279. The van der Waals surface area contributed by atoms with Crippen LogP contribution < -0.4 is 0 Å². The van der Waals surface area contributed by atoms with Crippen molar-refractivity contribution in [3.8, 4) is 11.3 Å². The third kappa shape index (κ3) is 4.44. The zero-order valence-electron chi connectivity index (χ0n) is 17.4. The van der Waals surface area contributed by atoms with Gasteiger partial charge in [0, 0.05) is 23.3 Å². The Morgan fingerprint density at radius 3 is 2.70 bits per heavy atom. The van der Waals surface area contributed by atoms with Crippen molar-refractivity contribution in [2.24, 2.45) is 0 Å². The van der Waals surface area contributed by atoms with Gasteiger partial charge in [0.2, 0.25) is 5.76 Å². The number of imide groups is 1. The Morgan fingerprint density at radius 1 is 1.18 bits per heavy atom. The lowest BCUT2D eigenvalue weighted by Gasteiger charge is -2.09. The van der Waals surface area contributed by atoms with Crippen LogP contribution in [-0.2, 0) is 16.1 Å². The summed E-state index contributed by atoms with van der Waals surface area (Å²) in [5.74, 6) is -0.290. The topological polar surface area (TPSA) is 133 Å². The first kappa shape index (κ1) is 22.1. The Morgan fingerprint density at radius 2 is 1.97 bits per heavy atom. The molecule has 0 aliphatic carbocycles. The summed E-state index contributed by atoms with van der Waals surface area (Å²) in [6.07, 6.45) is 1.43. The number of nitro benzene ring substituents is 1. The second kappa shape index (κ2) is 8.79. The molecule has 10 nitrogen and oxygen atoms in total. The van der Waals surface area contributed by atoms with Crippen LogP contribution in [0.1, 0.15) is 27.6 Å². The highest BCUT2D eigenvalue weighted by Gasteiger charge is 2.36. The summed E-state index contributed by atoms with van der Waals surface area (Å²) in [5.41, 5.74) is 1.01. The van der Waals surface area contributed by atoms with Crippen LogP contribution in [0.15, 0.2) is 56.2 Å². The number of amides is 2. The highest BCUT2D eigenvalue weighted by Crippen LogP contribution is 2.35. The SMILES string of the molecule is COC(=O)c1ccc(CN2C(=O)SC(=Cc3ccc(-c4ccc(C)c([N+](=O)[O-])c4)o3)C2=O)o1. The van der Waals surface area contributed by atoms with Gasteiger partial charge in [-0.25, -0.2) is 4.79 Å². The molecule has 0 unspecified atom stereocenters. The highest BCUT2D eigenvalue weighted by molar-refractivity contribution is 8.18. The molecule has 11 heteroatoms. The summed E-state index contributed by atoms with van der Waals surface area (Å²) < 4.78 is 15.6. The number of hydrogen-bond donors (Lipinski definition) is 0. The van der Waals surface area contributed by atoms with Gasteiger partial charge in [0.15, 0.2) is 0 Å². The van der Waals surface area contributed by atoms with Gasteiger partial charge in [0.05, 0.1) is 23.5 Å². The Labute approximate surface area is 190 Å². The van der Waals surface area contributed by atoms with Gasteiger partial charge in [-0.15, -0.1) is 0 Å². The van der Waals surface area contributed by atoms with E-state index in [4.69, 9.17) is 8.83 Å². The lowest BCUT2D eigenvalue weighted by atomic mass is 10.1. The average Bonchev–Trinajstić information content (AvgIpc) is 3.51. The number of thioether (sulfide) groups is 1. The van der Waals surface area contributed by atoms with Crippen molar-refractivity contribution >= 4 is 40.6 Å². The molecule has 168 valence electrons. The largest absolute Gasteiger partial charge is 0.463 e. The number of benzene rings is 1. The van der Waals surface area contributed by atoms with Crippen molar-refractivity contribution in [2.75, 3.05) is 7.11 Å². The fourth-order valence-electron chi connectivity index (χ4n) is 3.14. The van der Waals surface area contributed by atoms with Crippen LogP contribution in [0.25, 0.3) is 17.4 Å². The van der Waals surface area contributed by atoms with Gasteiger partial charge in [-0.2, -0.15) is 0 Å². The van der Waals surface area contributed by atoms with Gasteiger partial charge in [-0.3, -0.25) is 24.6 Å². The Balaban J connectivity index is 1.52. The van der Waals surface area contributed by atoms with E-state index in [0.29, 0.717) is 22.6 Å². The van der Waals surface area contributed by atoms with E-state index in [1.54, 1.807) is 31.2 Å². The number of ether oxygens (including phenoxy) is 1. The molecule has 0 spiro atoms. The third-order valence-corrected chi connectivity index (χ3v) is 5.73. The van der Waals surface area contributed by atoms with Crippen LogP contribution >= 0.6 is 11.8 Å². The minimum Gasteiger partial charge on any atom is -0.463 e. The number of carbonyl (C=O) groups excluding carboxylic acids is 3. The van der Waals surface area contributed by atoms with Gasteiger partial charge in [-0.05, 0) is 43.0 Å². The third-order valence-electron chi connectivity index (χ3n) is 4.83. The van der Waals surface area contributed by atoms with E-state index >= 15 is 0 Å². The molecule has 2 amide bonds. The lowest BCUT2D eigenvalue weighted by Crippen LogP contribution is -2.27. The molecule has 2 aromatic heterocycles. The van der Waals surface area contributed by atoms with E-state index in [2.05, 4.69) is 4.74 Å². The standard InChI is InChI=1S/C22H16N2O8S/c1-12-3-4-13(9-16(12)24(28)29)17-7-5-14(31-17)10-19-20(25)23(22(27)33-19)11-15-6-8-18(32-15)21(26)30-2/h3-10H,11H2,1-2H3. The molecule has 3 aromatic rings. The summed E-state index contributed by atoms with van der Waals surface area (Å²) in [6.45, 7) is 1.50. The molecule has 0 bridgehead atoms. The molecule has 0 N–H and O–H groups in total. The number of methoxy groups -OCH3 is 1. The molecule has 1 fully saturated rings. The first-order valence-corrected chi connectivity index (χ1v) is 10.4. The van der Waals surface area contributed by atoms with Crippen LogP contribution in [0.2, 0.25) is 0 Å². The van der Waals surface area contributed by atoms with Crippen LogP contribution in [-0.4, -0.2) is 34.0 Å². The molecular weight excluding hydrogens is 452 g/mol. The number of nitro groups is 1. The fraction of sp³-hybridized carbons (Fsp3) is 0.136. The van der Waals surface area contributed by atoms with Gasteiger partial charge >= 0.3 is 5.97 Å². The summed E-state index contributed by atoms with van der Waals surface area (Å²) in [4.78, 5) is 48.4. The first-order valence-electron chi connectivity index (χ1n) is 9.54. The zero-order chi connectivity index (χ0) is 23.7. The Bertz CT molecular complexity index is 1320. The maximum Gasteiger partial charge on any atom is 0.373 e.